The lowest BCUT2D eigenvalue weighted by Crippen LogP contribution is -1.90. The molecule has 1 aromatic heterocycles. The van der Waals surface area contributed by atoms with E-state index in [4.69, 9.17) is 4.74 Å². The van der Waals surface area contributed by atoms with Crippen molar-refractivity contribution in [1.29, 1.82) is 0 Å². The Morgan fingerprint density at radius 1 is 0.857 bits per heavy atom. The quantitative estimate of drug-likeness (QED) is 0.714. The number of aromatic nitrogens is 2. The molecule has 0 aliphatic carbocycles. The third kappa shape index (κ3) is 3.23. The fourth-order valence-electron chi connectivity index (χ4n) is 1.95. The fourth-order valence-corrected chi connectivity index (χ4v) is 1.95. The van der Waals surface area contributed by atoms with Gasteiger partial charge in [-0.15, -0.1) is 0 Å². The summed E-state index contributed by atoms with van der Waals surface area (Å²) in [5.41, 5.74) is 1.86. The van der Waals surface area contributed by atoms with Gasteiger partial charge in [-0.1, -0.05) is 0 Å². The monoisotopic (exact) mass is 280 g/mol. The van der Waals surface area contributed by atoms with Gasteiger partial charge in [0.15, 0.2) is 0 Å². The van der Waals surface area contributed by atoms with Gasteiger partial charge in [0, 0.05) is 11.8 Å². The predicted molar refractivity (Wildman–Crippen MR) is 78.7 cm³/mol. The normalized spacial score (nSPS) is 10.4. The highest BCUT2D eigenvalue weighted by molar-refractivity contribution is 5.59. The maximum Gasteiger partial charge on any atom is 0.127 e. The lowest BCUT2D eigenvalue weighted by molar-refractivity contribution is 0.480. The van der Waals surface area contributed by atoms with E-state index in [2.05, 4.69) is 9.97 Å². The van der Waals surface area contributed by atoms with Crippen LogP contribution in [-0.4, -0.2) is 9.97 Å². The molecule has 2 aromatic carbocycles. The van der Waals surface area contributed by atoms with Crippen molar-refractivity contribution in [2.45, 2.75) is 6.92 Å². The number of hydrogen-bond donors (Lipinski definition) is 0. The molecule has 4 heteroatoms. The van der Waals surface area contributed by atoms with Gasteiger partial charge in [0.25, 0.3) is 0 Å². The molecule has 3 aromatic rings. The second-order valence-electron chi connectivity index (χ2n) is 4.57. The first-order valence-electron chi connectivity index (χ1n) is 6.54. The van der Waals surface area contributed by atoms with E-state index in [1.807, 2.05) is 37.3 Å². The third-order valence-electron chi connectivity index (χ3n) is 2.98. The van der Waals surface area contributed by atoms with Crippen molar-refractivity contribution in [1.82, 2.24) is 9.97 Å². The van der Waals surface area contributed by atoms with Crippen LogP contribution in [0.2, 0.25) is 0 Å². The van der Waals surface area contributed by atoms with Crippen molar-refractivity contribution in [2.75, 3.05) is 0 Å². The Labute approximate surface area is 122 Å². The summed E-state index contributed by atoms with van der Waals surface area (Å²) in [4.78, 5) is 8.45. The smallest absolute Gasteiger partial charge is 0.127 e. The Morgan fingerprint density at radius 2 is 1.48 bits per heavy atom. The molecule has 0 aliphatic rings. The Hall–Kier alpha value is -2.75. The van der Waals surface area contributed by atoms with Crippen LogP contribution in [0.3, 0.4) is 0 Å². The lowest BCUT2D eigenvalue weighted by Gasteiger charge is -2.07. The molecule has 1 heterocycles. The highest BCUT2D eigenvalue weighted by atomic mass is 19.1. The van der Waals surface area contributed by atoms with E-state index in [1.165, 1.54) is 12.1 Å². The number of benzene rings is 2. The maximum atomic E-state index is 12.8. The molecule has 3 rings (SSSR count). The third-order valence-corrected chi connectivity index (χ3v) is 2.98. The molecule has 0 radical (unpaired) electrons. The zero-order chi connectivity index (χ0) is 14.7. The van der Waals surface area contributed by atoms with Crippen LogP contribution in [0, 0.1) is 12.7 Å². The van der Waals surface area contributed by atoms with Crippen molar-refractivity contribution in [3.63, 3.8) is 0 Å². The summed E-state index contributed by atoms with van der Waals surface area (Å²) in [6, 6.07) is 15.4. The van der Waals surface area contributed by atoms with Crippen molar-refractivity contribution < 1.29 is 9.13 Å². The zero-order valence-corrected chi connectivity index (χ0v) is 11.5. The van der Waals surface area contributed by atoms with Gasteiger partial charge < -0.3 is 4.74 Å². The highest BCUT2D eigenvalue weighted by Crippen LogP contribution is 2.25. The van der Waals surface area contributed by atoms with Crippen LogP contribution in [-0.2, 0) is 0 Å². The summed E-state index contributed by atoms with van der Waals surface area (Å²) < 4.78 is 18.5. The lowest BCUT2D eigenvalue weighted by atomic mass is 10.1. The largest absolute Gasteiger partial charge is 0.457 e. The van der Waals surface area contributed by atoms with Crippen molar-refractivity contribution >= 4 is 0 Å². The highest BCUT2D eigenvalue weighted by Gasteiger charge is 2.02. The molecule has 0 amide bonds. The SMILES string of the molecule is Cc1nccc(-c2ccc(Oc3ccc(F)cc3)cc2)n1. The molecule has 0 bridgehead atoms. The number of nitrogens with zero attached hydrogens (tertiary/aromatic N) is 2. The molecular weight excluding hydrogens is 267 g/mol. The van der Waals surface area contributed by atoms with Crippen LogP contribution in [0.1, 0.15) is 5.82 Å². The van der Waals surface area contributed by atoms with Gasteiger partial charge >= 0.3 is 0 Å². The van der Waals surface area contributed by atoms with Gasteiger partial charge in [0.1, 0.15) is 23.1 Å². The van der Waals surface area contributed by atoms with Crippen LogP contribution >= 0.6 is 0 Å². The average Bonchev–Trinajstić information content (AvgIpc) is 2.50. The maximum absolute atomic E-state index is 12.8. The Kier molecular flexibility index (Phi) is 3.60. The summed E-state index contributed by atoms with van der Waals surface area (Å²) in [6.45, 7) is 1.86. The van der Waals surface area contributed by atoms with Crippen LogP contribution < -0.4 is 4.74 Å². The topological polar surface area (TPSA) is 35.0 Å². The van der Waals surface area contributed by atoms with Crippen molar-refractivity contribution in [3.8, 4) is 22.8 Å². The Bertz CT molecular complexity index is 739. The van der Waals surface area contributed by atoms with E-state index in [1.54, 1.807) is 18.3 Å². The van der Waals surface area contributed by atoms with Gasteiger partial charge in [0.2, 0.25) is 0 Å². The summed E-state index contributed by atoms with van der Waals surface area (Å²) in [6.07, 6.45) is 1.74. The second-order valence-corrected chi connectivity index (χ2v) is 4.57. The second kappa shape index (κ2) is 5.71. The summed E-state index contributed by atoms with van der Waals surface area (Å²) in [7, 11) is 0. The average molecular weight is 280 g/mol. The van der Waals surface area contributed by atoms with E-state index >= 15 is 0 Å². The molecule has 0 spiro atoms. The van der Waals surface area contributed by atoms with E-state index in [-0.39, 0.29) is 5.82 Å². The van der Waals surface area contributed by atoms with E-state index in [9.17, 15) is 4.39 Å². The number of hydrogen-bond acceptors (Lipinski definition) is 3. The fraction of sp³-hybridized carbons (Fsp3) is 0.0588. The first-order valence-corrected chi connectivity index (χ1v) is 6.54. The van der Waals surface area contributed by atoms with Crippen molar-refractivity contribution in [2.24, 2.45) is 0 Å². The molecular formula is C17H13FN2O. The van der Waals surface area contributed by atoms with Gasteiger partial charge in [0.05, 0.1) is 5.69 Å². The molecule has 0 aliphatic heterocycles. The van der Waals surface area contributed by atoms with Gasteiger partial charge in [-0.3, -0.25) is 0 Å². The molecule has 21 heavy (non-hydrogen) atoms. The predicted octanol–water partition coefficient (Wildman–Crippen LogP) is 4.38. The Balaban J connectivity index is 1.79. The molecule has 104 valence electrons. The Morgan fingerprint density at radius 3 is 2.10 bits per heavy atom. The first-order chi connectivity index (χ1) is 10.2. The minimum Gasteiger partial charge on any atom is -0.457 e. The summed E-state index contributed by atoms with van der Waals surface area (Å²) >= 11 is 0. The minimum atomic E-state index is -0.281. The summed E-state index contributed by atoms with van der Waals surface area (Å²) in [5, 5.41) is 0. The van der Waals surface area contributed by atoms with E-state index < -0.39 is 0 Å². The van der Waals surface area contributed by atoms with Crippen LogP contribution in [0.15, 0.2) is 60.8 Å². The number of rotatable bonds is 3. The molecule has 0 saturated heterocycles. The minimum absolute atomic E-state index is 0.281. The number of halogens is 1. The van der Waals surface area contributed by atoms with Gasteiger partial charge in [-0.25, -0.2) is 14.4 Å². The van der Waals surface area contributed by atoms with Crippen molar-refractivity contribution in [3.05, 3.63) is 72.4 Å². The van der Waals surface area contributed by atoms with Gasteiger partial charge in [-0.05, 0) is 61.5 Å². The molecule has 3 nitrogen and oxygen atoms in total. The standard InChI is InChI=1S/C17H13FN2O/c1-12-19-11-10-17(20-12)13-2-6-15(7-3-13)21-16-8-4-14(18)5-9-16/h2-11H,1H3. The molecule has 0 unspecified atom stereocenters. The molecule has 0 atom stereocenters. The number of aryl methyl sites for hydroxylation is 1. The van der Waals surface area contributed by atoms with Crippen LogP contribution in [0.5, 0.6) is 11.5 Å². The van der Waals surface area contributed by atoms with Gasteiger partial charge in [-0.2, -0.15) is 0 Å². The van der Waals surface area contributed by atoms with E-state index in [0.717, 1.165) is 17.1 Å². The number of ether oxygens (including phenoxy) is 1. The summed E-state index contributed by atoms with van der Waals surface area (Å²) in [5.74, 6) is 1.74. The van der Waals surface area contributed by atoms with E-state index in [0.29, 0.717) is 11.5 Å². The molecule has 0 N–H and O–H groups in total. The molecule has 0 fully saturated rings. The zero-order valence-electron chi connectivity index (χ0n) is 11.5. The molecule has 0 saturated carbocycles. The van der Waals surface area contributed by atoms with Crippen LogP contribution in [0.4, 0.5) is 4.39 Å². The van der Waals surface area contributed by atoms with Crippen LogP contribution in [0.25, 0.3) is 11.3 Å². The first kappa shape index (κ1) is 13.2.